The van der Waals surface area contributed by atoms with Gasteiger partial charge < -0.3 is 0 Å². The zero-order valence-electron chi connectivity index (χ0n) is 32.3. The molecule has 2 heterocycles. The summed E-state index contributed by atoms with van der Waals surface area (Å²) in [5.41, 5.74) is 7.73. The van der Waals surface area contributed by atoms with Crippen molar-refractivity contribution in [1.29, 1.82) is 0 Å². The van der Waals surface area contributed by atoms with Crippen LogP contribution in [0.1, 0.15) is 57.5 Å². The number of aromatic nitrogens is 2. The van der Waals surface area contributed by atoms with Gasteiger partial charge in [-0.05, 0) is 92.0 Å². The molecule has 0 saturated carbocycles. The van der Waals surface area contributed by atoms with Gasteiger partial charge in [0.1, 0.15) is 5.82 Å². The number of hydrogen-bond acceptors (Lipinski definition) is 2. The fourth-order valence-electron chi connectivity index (χ4n) is 7.37. The monoisotopic (exact) mass is 641 g/mol. The Balaban J connectivity index is 1.35. The smallest absolute Gasteiger partial charge is 0.147 e. The highest BCUT2D eigenvalue weighted by Gasteiger charge is 2.24. The van der Waals surface area contributed by atoms with Crippen molar-refractivity contribution in [1.82, 2.24) is 9.55 Å². The van der Waals surface area contributed by atoms with Crippen LogP contribution in [0.25, 0.3) is 81.0 Å². The number of thiophene rings is 1. The van der Waals surface area contributed by atoms with Crippen LogP contribution in [0.5, 0.6) is 0 Å². The van der Waals surface area contributed by atoms with E-state index in [0.717, 1.165) is 64.1 Å². The highest BCUT2D eigenvalue weighted by Crippen LogP contribution is 2.45. The lowest BCUT2D eigenvalue weighted by atomic mass is 9.92. The molecule has 2 aromatic heterocycles. The van der Waals surface area contributed by atoms with Crippen molar-refractivity contribution in [3.63, 3.8) is 0 Å². The Bertz CT molecular complexity index is 2920. The van der Waals surface area contributed by atoms with Crippen molar-refractivity contribution < 1.29 is 6.85 Å². The van der Waals surface area contributed by atoms with E-state index in [9.17, 15) is 0 Å². The molecule has 9 aromatic rings. The molecule has 0 N–H and O–H groups in total. The fraction of sp³-hybridized carbons (Fsp3) is 0.133. The molecule has 3 heteroatoms. The molecule has 0 amide bonds. The predicted octanol–water partition coefficient (Wildman–Crippen LogP) is 13.3. The van der Waals surface area contributed by atoms with Crippen LogP contribution in [0, 0.1) is 0 Å². The first-order chi connectivity index (χ1) is 25.5. The van der Waals surface area contributed by atoms with Crippen LogP contribution in [0.2, 0.25) is 0 Å². The minimum absolute atomic E-state index is 0.198. The number of hydrogen-bond donors (Lipinski definition) is 0. The molecule has 0 aliphatic rings. The maximum Gasteiger partial charge on any atom is 0.147 e. The Hall–Kier alpha value is -5.25. The molecular formula is C45H36N2S. The molecule has 0 bridgehead atoms. The number of imidazole rings is 1. The van der Waals surface area contributed by atoms with Crippen LogP contribution in [-0.4, -0.2) is 9.55 Å². The van der Waals surface area contributed by atoms with E-state index in [2.05, 4.69) is 111 Å². The predicted molar refractivity (Wildman–Crippen MR) is 208 cm³/mol. The second-order valence-electron chi connectivity index (χ2n) is 13.2. The lowest BCUT2D eigenvalue weighted by Gasteiger charge is -2.22. The van der Waals surface area contributed by atoms with Gasteiger partial charge in [0.2, 0.25) is 0 Å². The van der Waals surface area contributed by atoms with Gasteiger partial charge >= 0.3 is 0 Å². The zero-order chi connectivity index (χ0) is 36.9. The van der Waals surface area contributed by atoms with E-state index in [4.69, 9.17) is 11.8 Å². The highest BCUT2D eigenvalue weighted by molar-refractivity contribution is 7.26. The second kappa shape index (κ2) is 11.2. The normalized spacial score (nSPS) is 13.6. The molecule has 0 aliphatic heterocycles. The first-order valence-electron chi connectivity index (χ1n) is 19.0. The SMILES string of the molecule is [2H]c1c([2H])c([2H])c(-c2cc3cc4sc5c(-c6nc7ccccc7n6-c6c(C(C)C)cccc6C(C)C)cccc5c4cc3c3ccccc23)c([2H])c1[2H]. The Morgan fingerprint density at radius 3 is 2.08 bits per heavy atom. The van der Waals surface area contributed by atoms with E-state index in [1.165, 1.54) is 16.8 Å². The molecule has 0 spiro atoms. The van der Waals surface area contributed by atoms with E-state index in [0.29, 0.717) is 17.4 Å². The van der Waals surface area contributed by atoms with Crippen LogP contribution >= 0.6 is 11.3 Å². The summed E-state index contributed by atoms with van der Waals surface area (Å²) < 4.78 is 47.1. The maximum absolute atomic E-state index is 8.78. The van der Waals surface area contributed by atoms with Crippen LogP contribution in [0.15, 0.2) is 133 Å². The van der Waals surface area contributed by atoms with Crippen molar-refractivity contribution in [2.24, 2.45) is 0 Å². The Kier molecular flexibility index (Phi) is 5.58. The van der Waals surface area contributed by atoms with Crippen molar-refractivity contribution >= 4 is 64.1 Å². The van der Waals surface area contributed by atoms with Gasteiger partial charge in [0.25, 0.3) is 0 Å². The van der Waals surface area contributed by atoms with Crippen LogP contribution in [0.4, 0.5) is 0 Å². The molecule has 48 heavy (non-hydrogen) atoms. The zero-order valence-corrected chi connectivity index (χ0v) is 28.1. The van der Waals surface area contributed by atoms with Crippen LogP contribution in [0.3, 0.4) is 0 Å². The first kappa shape index (κ1) is 24.0. The average Bonchev–Trinajstić information content (AvgIpc) is 3.73. The number of rotatable bonds is 5. The van der Waals surface area contributed by atoms with Crippen molar-refractivity contribution in [3.8, 4) is 28.2 Å². The summed E-state index contributed by atoms with van der Waals surface area (Å²) in [7, 11) is 0. The fourth-order valence-corrected chi connectivity index (χ4v) is 8.61. The molecule has 0 fully saturated rings. The molecule has 0 atom stereocenters. The summed E-state index contributed by atoms with van der Waals surface area (Å²) >= 11 is 1.74. The Morgan fingerprint density at radius 2 is 1.31 bits per heavy atom. The van der Waals surface area contributed by atoms with Gasteiger partial charge in [-0.2, -0.15) is 0 Å². The topological polar surface area (TPSA) is 17.8 Å². The van der Waals surface area contributed by atoms with E-state index in [1.807, 2.05) is 24.3 Å². The molecular weight excluding hydrogens is 601 g/mol. The number of nitrogens with zero attached hydrogens (tertiary/aromatic N) is 2. The third-order valence-electron chi connectivity index (χ3n) is 9.61. The van der Waals surface area contributed by atoms with Gasteiger partial charge in [0, 0.05) is 25.7 Å². The molecule has 0 unspecified atom stereocenters. The molecule has 7 aromatic carbocycles. The number of para-hydroxylation sites is 3. The van der Waals surface area contributed by atoms with E-state index < -0.39 is 6.04 Å². The first-order valence-corrected chi connectivity index (χ1v) is 17.4. The second-order valence-corrected chi connectivity index (χ2v) is 14.2. The van der Waals surface area contributed by atoms with Gasteiger partial charge in [-0.15, -0.1) is 11.3 Å². The van der Waals surface area contributed by atoms with E-state index in [1.54, 1.807) is 11.3 Å². The van der Waals surface area contributed by atoms with E-state index >= 15 is 0 Å². The third kappa shape index (κ3) is 4.42. The minimum Gasteiger partial charge on any atom is -0.292 e. The quantitative estimate of drug-likeness (QED) is 0.171. The highest BCUT2D eigenvalue weighted by atomic mass is 32.1. The van der Waals surface area contributed by atoms with Gasteiger partial charge in [-0.1, -0.05) is 125 Å². The summed E-state index contributed by atoms with van der Waals surface area (Å²) in [5.74, 6) is 1.54. The molecule has 232 valence electrons. The van der Waals surface area contributed by atoms with Crippen molar-refractivity contribution in [3.05, 3.63) is 144 Å². The molecule has 9 rings (SSSR count). The van der Waals surface area contributed by atoms with Gasteiger partial charge in [0.15, 0.2) is 0 Å². The standard InChI is InChI=1S/C45H36N2S/c1-27(2)31-18-12-19-32(28(3)4)43(31)47-41-23-11-10-22-40(41)46-45(47)36-21-13-20-35-39-26-38-30(25-42(39)48-44(35)36)24-37(29-14-6-5-7-15-29)33-16-8-9-17-34(33)38/h5-28H,1-4H3/i5D,6D,7D,14D,15D. The Labute approximate surface area is 292 Å². The molecule has 0 saturated heterocycles. The van der Waals surface area contributed by atoms with Crippen LogP contribution in [-0.2, 0) is 0 Å². The lowest BCUT2D eigenvalue weighted by molar-refractivity contribution is 0.811. The average molecular weight is 642 g/mol. The van der Waals surface area contributed by atoms with E-state index in [-0.39, 0.29) is 29.7 Å². The van der Waals surface area contributed by atoms with Crippen molar-refractivity contribution in [2.45, 2.75) is 39.5 Å². The minimum atomic E-state index is -0.390. The maximum atomic E-state index is 8.78. The molecule has 0 radical (unpaired) electrons. The number of fused-ring (bicyclic) bond motifs is 7. The van der Waals surface area contributed by atoms with Gasteiger partial charge in [0.05, 0.1) is 23.6 Å². The number of benzene rings is 7. The van der Waals surface area contributed by atoms with Crippen LogP contribution < -0.4 is 0 Å². The van der Waals surface area contributed by atoms with Gasteiger partial charge in [-0.25, -0.2) is 4.98 Å². The lowest BCUT2D eigenvalue weighted by Crippen LogP contribution is -2.08. The summed E-state index contributed by atoms with van der Waals surface area (Å²) in [6, 6.07) is 34.6. The summed E-state index contributed by atoms with van der Waals surface area (Å²) in [4.78, 5) is 5.35. The third-order valence-corrected chi connectivity index (χ3v) is 10.8. The summed E-state index contributed by atoms with van der Waals surface area (Å²) in [6.07, 6.45) is 0. The largest absolute Gasteiger partial charge is 0.292 e. The summed E-state index contributed by atoms with van der Waals surface area (Å²) in [5, 5.41) is 6.12. The molecule has 2 nitrogen and oxygen atoms in total. The van der Waals surface area contributed by atoms with Gasteiger partial charge in [-0.3, -0.25) is 4.57 Å². The summed E-state index contributed by atoms with van der Waals surface area (Å²) in [6.45, 7) is 9.02. The molecule has 0 aliphatic carbocycles. The van der Waals surface area contributed by atoms with Crippen molar-refractivity contribution in [2.75, 3.05) is 0 Å². The Morgan fingerprint density at radius 1 is 0.625 bits per heavy atom.